The average Bonchev–Trinajstić information content (AvgIpc) is 3.00. The number of nitrogens with two attached hydrogens (primary N) is 1. The van der Waals surface area contributed by atoms with Crippen molar-refractivity contribution in [1.82, 2.24) is 0 Å². The summed E-state index contributed by atoms with van der Waals surface area (Å²) in [6.07, 6.45) is 0.311. The van der Waals surface area contributed by atoms with E-state index >= 15 is 0 Å². The fourth-order valence-electron chi connectivity index (χ4n) is 2.82. The second-order valence-electron chi connectivity index (χ2n) is 5.97. The number of benzene rings is 2. The Kier molecular flexibility index (Phi) is 5.66. The summed E-state index contributed by atoms with van der Waals surface area (Å²) in [5.74, 6) is -1.05. The minimum atomic E-state index is -0.909. The van der Waals surface area contributed by atoms with Crippen molar-refractivity contribution in [2.45, 2.75) is 11.7 Å². The zero-order chi connectivity index (χ0) is 20.3. The summed E-state index contributed by atoms with van der Waals surface area (Å²) in [6.45, 7) is 0. The number of anilines is 1. The lowest BCUT2D eigenvalue weighted by Crippen LogP contribution is -2.31. The molecule has 0 aliphatic carbocycles. The molecule has 2 amide bonds. The van der Waals surface area contributed by atoms with E-state index in [2.05, 4.69) is 0 Å². The van der Waals surface area contributed by atoms with E-state index in [0.717, 1.165) is 17.3 Å². The van der Waals surface area contributed by atoms with Crippen molar-refractivity contribution in [3.8, 4) is 11.8 Å². The maximum atomic E-state index is 13.1. The number of rotatable bonds is 5. The molecule has 0 spiro atoms. The number of methoxy groups -OCH3 is 1. The van der Waals surface area contributed by atoms with Crippen LogP contribution >= 0.6 is 11.8 Å². The van der Waals surface area contributed by atoms with E-state index in [-0.39, 0.29) is 22.3 Å². The number of halogens is 1. The fraction of sp³-hybridized carbons (Fsp3) is 0.150. The normalized spacial score (nSPS) is 18.0. The van der Waals surface area contributed by atoms with Gasteiger partial charge in [0.05, 0.1) is 18.0 Å². The second-order valence-corrected chi connectivity index (χ2v) is 7.16. The summed E-state index contributed by atoms with van der Waals surface area (Å²) in [5.41, 5.74) is 6.28. The Morgan fingerprint density at radius 3 is 2.64 bits per heavy atom. The van der Waals surface area contributed by atoms with Crippen LogP contribution in [0.3, 0.4) is 0 Å². The lowest BCUT2D eigenvalue weighted by atomic mass is 10.1. The van der Waals surface area contributed by atoms with Gasteiger partial charge in [0.1, 0.15) is 28.2 Å². The summed E-state index contributed by atoms with van der Waals surface area (Å²) < 4.78 is 18.3. The highest BCUT2D eigenvalue weighted by Gasteiger charge is 2.40. The van der Waals surface area contributed by atoms with E-state index in [9.17, 15) is 19.2 Å². The number of thioether (sulfide) groups is 1. The lowest BCUT2D eigenvalue weighted by molar-refractivity contribution is -0.117. The first kappa shape index (κ1) is 19.5. The van der Waals surface area contributed by atoms with Gasteiger partial charge in [-0.1, -0.05) is 30.0 Å². The first-order valence-corrected chi connectivity index (χ1v) is 9.16. The molecular formula is C20H16FN3O3S. The molecular weight excluding hydrogens is 381 g/mol. The predicted octanol–water partition coefficient (Wildman–Crippen LogP) is 2.75. The molecule has 2 aromatic rings. The molecule has 1 saturated heterocycles. The average molecular weight is 397 g/mol. The van der Waals surface area contributed by atoms with Crippen LogP contribution in [0.25, 0.3) is 0 Å². The molecule has 8 heteroatoms. The quantitative estimate of drug-likeness (QED) is 0.618. The van der Waals surface area contributed by atoms with Crippen molar-refractivity contribution in [2.75, 3.05) is 12.0 Å². The van der Waals surface area contributed by atoms with Crippen LogP contribution in [0.4, 0.5) is 10.1 Å². The minimum absolute atomic E-state index is 0.181. The molecule has 0 radical (unpaired) electrons. The van der Waals surface area contributed by atoms with Crippen molar-refractivity contribution < 1.29 is 18.7 Å². The largest absolute Gasteiger partial charge is 0.497 e. The second kappa shape index (κ2) is 8.15. The SMILES string of the molecule is COc1cccc(N2C(=O)[C@@H](Cc3ccc(F)cc3)S/C2=C(\C#N)C(N)=O)c1. The van der Waals surface area contributed by atoms with Crippen molar-refractivity contribution in [2.24, 2.45) is 5.73 Å². The van der Waals surface area contributed by atoms with E-state index < -0.39 is 11.2 Å². The van der Waals surface area contributed by atoms with Crippen LogP contribution in [-0.2, 0) is 16.0 Å². The lowest BCUT2D eigenvalue weighted by Gasteiger charge is -2.18. The van der Waals surface area contributed by atoms with Crippen LogP contribution in [0.5, 0.6) is 5.75 Å². The summed E-state index contributed by atoms with van der Waals surface area (Å²) in [7, 11) is 1.50. The van der Waals surface area contributed by atoms with Crippen molar-refractivity contribution >= 4 is 29.3 Å². The van der Waals surface area contributed by atoms with Gasteiger partial charge in [-0.15, -0.1) is 0 Å². The van der Waals surface area contributed by atoms with E-state index in [0.29, 0.717) is 17.9 Å². The maximum Gasteiger partial charge on any atom is 0.262 e. The van der Waals surface area contributed by atoms with Gasteiger partial charge in [-0.25, -0.2) is 4.39 Å². The number of ether oxygens (including phenoxy) is 1. The zero-order valence-electron chi connectivity index (χ0n) is 14.9. The highest BCUT2D eigenvalue weighted by Crippen LogP contribution is 2.42. The molecule has 1 heterocycles. The molecule has 142 valence electrons. The fourth-order valence-corrected chi connectivity index (χ4v) is 4.13. The van der Waals surface area contributed by atoms with Crippen LogP contribution in [0, 0.1) is 17.1 Å². The molecule has 3 rings (SSSR count). The van der Waals surface area contributed by atoms with E-state index in [1.807, 2.05) is 0 Å². The first-order valence-electron chi connectivity index (χ1n) is 8.28. The van der Waals surface area contributed by atoms with Gasteiger partial charge in [-0.2, -0.15) is 5.26 Å². The molecule has 1 aliphatic heterocycles. The maximum absolute atomic E-state index is 13.1. The van der Waals surface area contributed by atoms with Crippen molar-refractivity contribution in [3.05, 3.63) is 70.5 Å². The predicted molar refractivity (Wildman–Crippen MR) is 104 cm³/mol. The van der Waals surface area contributed by atoms with Gasteiger partial charge < -0.3 is 10.5 Å². The summed E-state index contributed by atoms with van der Waals surface area (Å²) in [4.78, 5) is 26.2. The van der Waals surface area contributed by atoms with Crippen LogP contribution in [0.1, 0.15) is 5.56 Å². The number of hydrogen-bond donors (Lipinski definition) is 1. The number of hydrogen-bond acceptors (Lipinski definition) is 5. The Labute approximate surface area is 165 Å². The summed E-state index contributed by atoms with van der Waals surface area (Å²) in [5, 5.41) is 8.98. The number of carbonyl (C=O) groups excluding carboxylic acids is 2. The van der Waals surface area contributed by atoms with Gasteiger partial charge in [0.25, 0.3) is 5.91 Å². The molecule has 1 fully saturated rings. The Balaban J connectivity index is 2.03. The summed E-state index contributed by atoms with van der Waals surface area (Å²) in [6, 6.07) is 14.4. The minimum Gasteiger partial charge on any atom is -0.497 e. The standard InChI is InChI=1S/C20H16FN3O3S/c1-27-15-4-2-3-14(10-15)24-19(26)17(9-12-5-7-13(21)8-6-12)28-20(24)16(11-22)18(23)25/h2-8,10,17H,9H2,1H3,(H2,23,25)/b20-16+/t17-/m1/s1. The van der Waals surface area contributed by atoms with Gasteiger partial charge in [0.2, 0.25) is 5.91 Å². The molecule has 6 nitrogen and oxygen atoms in total. The molecule has 0 aromatic heterocycles. The molecule has 2 aromatic carbocycles. The Bertz CT molecular complexity index is 999. The van der Waals surface area contributed by atoms with Gasteiger partial charge in [0.15, 0.2) is 0 Å². The Hall–Kier alpha value is -3.31. The summed E-state index contributed by atoms with van der Waals surface area (Å²) >= 11 is 1.09. The number of amides is 2. The van der Waals surface area contributed by atoms with Gasteiger partial charge >= 0.3 is 0 Å². The molecule has 0 saturated carbocycles. The van der Waals surface area contributed by atoms with Crippen LogP contribution in [0.15, 0.2) is 59.1 Å². The van der Waals surface area contributed by atoms with Crippen molar-refractivity contribution in [1.29, 1.82) is 5.26 Å². The monoisotopic (exact) mass is 397 g/mol. The number of nitrogens with zero attached hydrogens (tertiary/aromatic N) is 2. The zero-order valence-corrected chi connectivity index (χ0v) is 15.7. The topological polar surface area (TPSA) is 96.4 Å². The van der Waals surface area contributed by atoms with E-state index in [1.165, 1.54) is 24.1 Å². The van der Waals surface area contributed by atoms with Gasteiger partial charge in [-0.3, -0.25) is 14.5 Å². The Morgan fingerprint density at radius 1 is 1.32 bits per heavy atom. The third kappa shape index (κ3) is 3.85. The molecule has 1 aliphatic rings. The third-order valence-electron chi connectivity index (χ3n) is 4.17. The highest BCUT2D eigenvalue weighted by atomic mass is 32.2. The van der Waals surface area contributed by atoms with Crippen LogP contribution in [0.2, 0.25) is 0 Å². The van der Waals surface area contributed by atoms with E-state index in [1.54, 1.807) is 42.5 Å². The number of carbonyl (C=O) groups is 2. The molecule has 0 unspecified atom stereocenters. The van der Waals surface area contributed by atoms with Gasteiger partial charge in [-0.05, 0) is 36.2 Å². The third-order valence-corrected chi connectivity index (χ3v) is 5.43. The Morgan fingerprint density at radius 2 is 2.04 bits per heavy atom. The molecule has 1 atom stereocenters. The number of primary amides is 1. The van der Waals surface area contributed by atoms with E-state index in [4.69, 9.17) is 10.5 Å². The van der Waals surface area contributed by atoms with Crippen molar-refractivity contribution in [3.63, 3.8) is 0 Å². The smallest absolute Gasteiger partial charge is 0.262 e. The highest BCUT2D eigenvalue weighted by molar-refractivity contribution is 8.05. The molecule has 2 N–H and O–H groups in total. The molecule has 28 heavy (non-hydrogen) atoms. The van der Waals surface area contributed by atoms with Crippen LogP contribution in [-0.4, -0.2) is 24.2 Å². The first-order chi connectivity index (χ1) is 13.4. The molecule has 0 bridgehead atoms. The van der Waals surface area contributed by atoms with Crippen LogP contribution < -0.4 is 15.4 Å². The van der Waals surface area contributed by atoms with Gasteiger partial charge in [0, 0.05) is 6.07 Å². The number of nitriles is 1.